The van der Waals surface area contributed by atoms with Crippen LogP contribution in [0.2, 0.25) is 0 Å². The third-order valence-electron chi connectivity index (χ3n) is 4.39. The van der Waals surface area contributed by atoms with Crippen molar-refractivity contribution in [3.63, 3.8) is 0 Å². The average molecular weight is 367 g/mol. The molecule has 0 bridgehead atoms. The van der Waals surface area contributed by atoms with Crippen molar-refractivity contribution in [2.24, 2.45) is 0 Å². The Bertz CT molecular complexity index is 1050. The van der Waals surface area contributed by atoms with Crippen LogP contribution >= 0.6 is 0 Å². The number of methoxy groups -OCH3 is 1. The average Bonchev–Trinajstić information content (AvgIpc) is 2.99. The van der Waals surface area contributed by atoms with Gasteiger partial charge in [0.1, 0.15) is 17.1 Å². The summed E-state index contributed by atoms with van der Waals surface area (Å²) in [5.74, 6) is 0.827. The van der Waals surface area contributed by atoms with Gasteiger partial charge in [-0.2, -0.15) is 0 Å². The van der Waals surface area contributed by atoms with Crippen molar-refractivity contribution in [2.45, 2.75) is 20.8 Å². The molecular weight excluding hydrogens is 346 g/mol. The number of amides is 1. The Morgan fingerprint density at radius 2 is 1.93 bits per heavy atom. The number of hydrogen-bond acceptors (Lipinski definition) is 5. The van der Waals surface area contributed by atoms with Crippen LogP contribution in [0.15, 0.2) is 45.8 Å². The standard InChI is InChI=1S/C20H21N3O4/c1-12-6-8-17(26-5)16(10-12)23-11-15(7-9-18(23)24)20(25)22(4)19-13(2)21-27-14(19)3/h6-11H,1-5H3. The number of pyridine rings is 1. The highest BCUT2D eigenvalue weighted by Crippen LogP contribution is 2.26. The lowest BCUT2D eigenvalue weighted by atomic mass is 10.2. The molecule has 0 aliphatic rings. The molecule has 7 nitrogen and oxygen atoms in total. The molecule has 1 aromatic carbocycles. The number of aryl methyl sites for hydroxylation is 3. The molecule has 0 saturated heterocycles. The van der Waals surface area contributed by atoms with Crippen LogP contribution in [-0.4, -0.2) is 29.8 Å². The van der Waals surface area contributed by atoms with Gasteiger partial charge in [-0.3, -0.25) is 14.2 Å². The summed E-state index contributed by atoms with van der Waals surface area (Å²) in [4.78, 5) is 26.9. The van der Waals surface area contributed by atoms with E-state index in [0.29, 0.717) is 34.1 Å². The molecule has 0 aliphatic heterocycles. The Labute approximate surface area is 156 Å². The first-order valence-corrected chi connectivity index (χ1v) is 8.42. The van der Waals surface area contributed by atoms with Gasteiger partial charge in [-0.1, -0.05) is 11.2 Å². The summed E-state index contributed by atoms with van der Waals surface area (Å²) >= 11 is 0. The highest BCUT2D eigenvalue weighted by atomic mass is 16.5. The van der Waals surface area contributed by atoms with Crippen LogP contribution in [0.5, 0.6) is 5.75 Å². The maximum Gasteiger partial charge on any atom is 0.259 e. The summed E-state index contributed by atoms with van der Waals surface area (Å²) in [5.41, 5.74) is 2.90. The summed E-state index contributed by atoms with van der Waals surface area (Å²) in [5, 5.41) is 3.88. The van der Waals surface area contributed by atoms with Crippen LogP contribution in [0.25, 0.3) is 5.69 Å². The van der Waals surface area contributed by atoms with Gasteiger partial charge >= 0.3 is 0 Å². The molecule has 2 aromatic heterocycles. The summed E-state index contributed by atoms with van der Waals surface area (Å²) in [6.45, 7) is 5.44. The molecule has 0 N–H and O–H groups in total. The van der Waals surface area contributed by atoms with E-state index >= 15 is 0 Å². The fraction of sp³-hybridized carbons (Fsp3) is 0.250. The van der Waals surface area contributed by atoms with Crippen LogP contribution in [0.1, 0.15) is 27.4 Å². The van der Waals surface area contributed by atoms with Gasteiger partial charge in [0.25, 0.3) is 11.5 Å². The molecule has 0 atom stereocenters. The van der Waals surface area contributed by atoms with Gasteiger partial charge in [0.2, 0.25) is 0 Å². The number of carbonyl (C=O) groups is 1. The molecule has 0 radical (unpaired) electrons. The van der Waals surface area contributed by atoms with Crippen molar-refractivity contribution in [1.82, 2.24) is 9.72 Å². The van der Waals surface area contributed by atoms with Gasteiger partial charge in [0.15, 0.2) is 5.76 Å². The zero-order valence-electron chi connectivity index (χ0n) is 15.9. The van der Waals surface area contributed by atoms with E-state index in [1.54, 1.807) is 34.1 Å². The molecule has 7 heteroatoms. The molecule has 140 valence electrons. The molecule has 0 saturated carbocycles. The summed E-state index contributed by atoms with van der Waals surface area (Å²) < 4.78 is 11.9. The van der Waals surface area contributed by atoms with Crippen LogP contribution in [0.4, 0.5) is 5.69 Å². The zero-order valence-corrected chi connectivity index (χ0v) is 15.9. The largest absolute Gasteiger partial charge is 0.495 e. The quantitative estimate of drug-likeness (QED) is 0.708. The van der Waals surface area contributed by atoms with Gasteiger partial charge in [-0.25, -0.2) is 0 Å². The first-order valence-electron chi connectivity index (χ1n) is 8.42. The van der Waals surface area contributed by atoms with Crippen molar-refractivity contribution < 1.29 is 14.1 Å². The predicted octanol–water partition coefficient (Wildman–Crippen LogP) is 3.04. The number of rotatable bonds is 4. The molecule has 0 unspecified atom stereocenters. The Hall–Kier alpha value is -3.35. The van der Waals surface area contributed by atoms with E-state index in [-0.39, 0.29) is 11.5 Å². The number of benzene rings is 1. The van der Waals surface area contributed by atoms with Gasteiger partial charge < -0.3 is 14.2 Å². The van der Waals surface area contributed by atoms with Crippen LogP contribution < -0.4 is 15.2 Å². The lowest BCUT2D eigenvalue weighted by molar-refractivity contribution is 0.0992. The summed E-state index contributed by atoms with van der Waals surface area (Å²) in [6.07, 6.45) is 1.52. The number of ether oxygens (including phenoxy) is 1. The van der Waals surface area contributed by atoms with Crippen LogP contribution in [0, 0.1) is 20.8 Å². The molecule has 0 spiro atoms. The van der Waals surface area contributed by atoms with Gasteiger partial charge in [0.05, 0.1) is 18.4 Å². The molecular formula is C20H21N3O4. The van der Waals surface area contributed by atoms with Gasteiger partial charge in [-0.05, 0) is 44.5 Å². The second-order valence-corrected chi connectivity index (χ2v) is 6.34. The first kappa shape index (κ1) is 18.4. The third-order valence-corrected chi connectivity index (χ3v) is 4.39. The highest BCUT2D eigenvalue weighted by molar-refractivity contribution is 6.06. The Balaban J connectivity index is 2.07. The van der Waals surface area contributed by atoms with Crippen molar-refractivity contribution in [2.75, 3.05) is 19.1 Å². The van der Waals surface area contributed by atoms with Crippen molar-refractivity contribution in [3.8, 4) is 11.4 Å². The third kappa shape index (κ3) is 3.36. The lowest BCUT2D eigenvalue weighted by Crippen LogP contribution is -2.29. The summed E-state index contributed by atoms with van der Waals surface area (Å²) in [6, 6.07) is 8.41. The van der Waals surface area contributed by atoms with E-state index < -0.39 is 0 Å². The second kappa shape index (κ2) is 7.11. The Morgan fingerprint density at radius 3 is 2.56 bits per heavy atom. The maximum absolute atomic E-state index is 13.0. The topological polar surface area (TPSA) is 77.6 Å². The summed E-state index contributed by atoms with van der Waals surface area (Å²) in [7, 11) is 3.19. The molecule has 3 aromatic rings. The minimum absolute atomic E-state index is 0.254. The monoisotopic (exact) mass is 367 g/mol. The highest BCUT2D eigenvalue weighted by Gasteiger charge is 2.21. The molecule has 0 aliphatic carbocycles. The zero-order chi connectivity index (χ0) is 19.7. The lowest BCUT2D eigenvalue weighted by Gasteiger charge is -2.18. The SMILES string of the molecule is COc1ccc(C)cc1-n1cc(C(=O)N(C)c2c(C)noc2C)ccc1=O. The number of hydrogen-bond donors (Lipinski definition) is 0. The molecule has 27 heavy (non-hydrogen) atoms. The number of nitrogens with zero attached hydrogens (tertiary/aromatic N) is 3. The van der Waals surface area contributed by atoms with Crippen molar-refractivity contribution >= 4 is 11.6 Å². The van der Waals surface area contributed by atoms with E-state index in [1.807, 2.05) is 19.1 Å². The Kier molecular flexibility index (Phi) is 4.85. The minimum Gasteiger partial charge on any atom is -0.495 e. The number of carbonyl (C=O) groups excluding carboxylic acids is 1. The molecule has 2 heterocycles. The predicted molar refractivity (Wildman–Crippen MR) is 102 cm³/mol. The minimum atomic E-state index is -0.273. The maximum atomic E-state index is 13.0. The van der Waals surface area contributed by atoms with E-state index in [4.69, 9.17) is 9.26 Å². The van der Waals surface area contributed by atoms with Gasteiger partial charge in [0, 0.05) is 19.3 Å². The Morgan fingerprint density at radius 1 is 1.19 bits per heavy atom. The van der Waals surface area contributed by atoms with Gasteiger partial charge in [-0.15, -0.1) is 0 Å². The molecule has 1 amide bonds. The second-order valence-electron chi connectivity index (χ2n) is 6.34. The first-order chi connectivity index (χ1) is 12.8. The van der Waals surface area contributed by atoms with E-state index in [1.165, 1.54) is 27.8 Å². The van der Waals surface area contributed by atoms with Crippen LogP contribution in [-0.2, 0) is 0 Å². The molecule has 3 rings (SSSR count). The number of aromatic nitrogens is 2. The number of anilines is 1. The fourth-order valence-corrected chi connectivity index (χ4v) is 3.04. The normalized spacial score (nSPS) is 10.7. The van der Waals surface area contributed by atoms with E-state index in [0.717, 1.165) is 5.56 Å². The van der Waals surface area contributed by atoms with Crippen molar-refractivity contribution in [3.05, 3.63) is 69.5 Å². The van der Waals surface area contributed by atoms with Crippen molar-refractivity contribution in [1.29, 1.82) is 0 Å². The van der Waals surface area contributed by atoms with E-state index in [2.05, 4.69) is 5.16 Å². The smallest absolute Gasteiger partial charge is 0.259 e. The van der Waals surface area contributed by atoms with Crippen LogP contribution in [0.3, 0.4) is 0 Å². The molecule has 0 fully saturated rings. The fourth-order valence-electron chi connectivity index (χ4n) is 3.04. The van der Waals surface area contributed by atoms with E-state index in [9.17, 15) is 9.59 Å².